The van der Waals surface area contributed by atoms with Crippen LogP contribution < -0.4 is 5.32 Å². The first-order chi connectivity index (χ1) is 9.11. The van der Waals surface area contributed by atoms with E-state index in [1.54, 1.807) is 0 Å². The molecular formula is C16H23ClN2. The maximum Gasteiger partial charge on any atom is 0.0453 e. The molecule has 0 aliphatic carbocycles. The van der Waals surface area contributed by atoms with Crippen molar-refractivity contribution in [2.75, 3.05) is 7.05 Å². The highest BCUT2D eigenvalue weighted by Gasteiger charge is 2.34. The molecule has 2 aliphatic heterocycles. The molecule has 0 spiro atoms. The third-order valence-corrected chi connectivity index (χ3v) is 5.05. The van der Waals surface area contributed by atoms with Gasteiger partial charge in [-0.2, -0.15) is 0 Å². The zero-order chi connectivity index (χ0) is 13.4. The van der Waals surface area contributed by atoms with E-state index in [0.717, 1.165) is 23.7 Å². The number of aryl methyl sites for hydroxylation is 1. The average molecular weight is 279 g/mol. The summed E-state index contributed by atoms with van der Waals surface area (Å²) in [6, 6.07) is 8.59. The van der Waals surface area contributed by atoms with Gasteiger partial charge < -0.3 is 5.32 Å². The summed E-state index contributed by atoms with van der Waals surface area (Å²) in [6.07, 6.45) is 5.30. The smallest absolute Gasteiger partial charge is 0.0453 e. The van der Waals surface area contributed by atoms with Crippen LogP contribution in [-0.2, 0) is 6.54 Å². The highest BCUT2D eigenvalue weighted by Crippen LogP contribution is 2.30. The van der Waals surface area contributed by atoms with E-state index in [-0.39, 0.29) is 0 Å². The van der Waals surface area contributed by atoms with Gasteiger partial charge in [-0.25, -0.2) is 0 Å². The van der Waals surface area contributed by atoms with Gasteiger partial charge in [0, 0.05) is 29.7 Å². The summed E-state index contributed by atoms with van der Waals surface area (Å²) in [5.74, 6) is 0. The zero-order valence-electron chi connectivity index (χ0n) is 11.8. The van der Waals surface area contributed by atoms with Crippen LogP contribution in [0.15, 0.2) is 18.2 Å². The first-order valence-corrected chi connectivity index (χ1v) is 7.71. The molecule has 2 saturated heterocycles. The molecule has 0 saturated carbocycles. The number of benzene rings is 1. The lowest BCUT2D eigenvalue weighted by Gasteiger charge is -2.35. The van der Waals surface area contributed by atoms with Gasteiger partial charge in [0.25, 0.3) is 0 Å². The van der Waals surface area contributed by atoms with Gasteiger partial charge in [0.1, 0.15) is 0 Å². The Hall–Kier alpha value is -0.570. The summed E-state index contributed by atoms with van der Waals surface area (Å²) < 4.78 is 0. The van der Waals surface area contributed by atoms with Crippen LogP contribution in [0.3, 0.4) is 0 Å². The van der Waals surface area contributed by atoms with Crippen LogP contribution in [0.2, 0.25) is 5.02 Å². The summed E-state index contributed by atoms with van der Waals surface area (Å²) in [7, 11) is 2.24. The van der Waals surface area contributed by atoms with Gasteiger partial charge in [0.15, 0.2) is 0 Å². The third-order valence-electron chi connectivity index (χ3n) is 4.70. The quantitative estimate of drug-likeness (QED) is 0.912. The lowest BCUT2D eigenvalue weighted by atomic mass is 9.98. The minimum Gasteiger partial charge on any atom is -0.311 e. The van der Waals surface area contributed by atoms with Crippen molar-refractivity contribution in [1.29, 1.82) is 0 Å². The molecule has 1 N–H and O–H groups in total. The molecule has 3 rings (SSSR count). The van der Waals surface area contributed by atoms with E-state index in [0.29, 0.717) is 6.04 Å². The Morgan fingerprint density at radius 1 is 1.26 bits per heavy atom. The summed E-state index contributed by atoms with van der Waals surface area (Å²) in [6.45, 7) is 3.05. The van der Waals surface area contributed by atoms with Gasteiger partial charge in [-0.3, -0.25) is 4.90 Å². The second-order valence-electron chi connectivity index (χ2n) is 6.27. The molecule has 0 aromatic heterocycles. The van der Waals surface area contributed by atoms with Crippen LogP contribution in [0.1, 0.15) is 36.8 Å². The molecular weight excluding hydrogens is 256 g/mol. The van der Waals surface area contributed by atoms with Crippen molar-refractivity contribution in [3.63, 3.8) is 0 Å². The Morgan fingerprint density at radius 3 is 2.58 bits per heavy atom. The van der Waals surface area contributed by atoms with Crippen molar-refractivity contribution in [3.05, 3.63) is 34.3 Å². The van der Waals surface area contributed by atoms with Crippen LogP contribution in [0.25, 0.3) is 0 Å². The first kappa shape index (κ1) is 13.4. The molecule has 2 bridgehead atoms. The minimum absolute atomic E-state index is 0.705. The van der Waals surface area contributed by atoms with Crippen molar-refractivity contribution in [1.82, 2.24) is 10.2 Å². The van der Waals surface area contributed by atoms with Crippen molar-refractivity contribution in [2.45, 2.75) is 57.3 Å². The van der Waals surface area contributed by atoms with Crippen molar-refractivity contribution in [2.24, 2.45) is 0 Å². The minimum atomic E-state index is 0.705. The van der Waals surface area contributed by atoms with Crippen molar-refractivity contribution < 1.29 is 0 Å². The van der Waals surface area contributed by atoms with Gasteiger partial charge in [-0.15, -0.1) is 0 Å². The Balaban J connectivity index is 1.66. The number of hydrogen-bond donors (Lipinski definition) is 1. The van der Waals surface area contributed by atoms with Crippen LogP contribution in [0, 0.1) is 6.92 Å². The SMILES string of the molecule is Cc1ccc(CN(C)C2CC3CCC(C2)N3)c(Cl)c1. The first-order valence-electron chi connectivity index (χ1n) is 7.33. The summed E-state index contributed by atoms with van der Waals surface area (Å²) in [4.78, 5) is 2.49. The van der Waals surface area contributed by atoms with E-state index < -0.39 is 0 Å². The fraction of sp³-hybridized carbons (Fsp3) is 0.625. The maximum absolute atomic E-state index is 6.34. The predicted molar refractivity (Wildman–Crippen MR) is 80.6 cm³/mol. The molecule has 2 nitrogen and oxygen atoms in total. The fourth-order valence-corrected chi connectivity index (χ4v) is 3.86. The topological polar surface area (TPSA) is 15.3 Å². The second kappa shape index (κ2) is 5.43. The monoisotopic (exact) mass is 278 g/mol. The van der Waals surface area contributed by atoms with E-state index in [1.165, 1.54) is 36.8 Å². The molecule has 104 valence electrons. The highest BCUT2D eigenvalue weighted by molar-refractivity contribution is 6.31. The van der Waals surface area contributed by atoms with E-state index in [9.17, 15) is 0 Å². The van der Waals surface area contributed by atoms with Crippen molar-refractivity contribution >= 4 is 11.6 Å². The summed E-state index contributed by atoms with van der Waals surface area (Å²) in [5, 5.41) is 4.61. The number of piperidine rings is 1. The summed E-state index contributed by atoms with van der Waals surface area (Å²) in [5.41, 5.74) is 2.48. The Bertz CT molecular complexity index is 448. The number of nitrogens with one attached hydrogen (secondary N) is 1. The van der Waals surface area contributed by atoms with Crippen LogP contribution in [-0.4, -0.2) is 30.1 Å². The highest BCUT2D eigenvalue weighted by atomic mass is 35.5. The molecule has 2 aliphatic rings. The predicted octanol–water partition coefficient (Wildman–Crippen LogP) is 3.36. The lowest BCUT2D eigenvalue weighted by Crippen LogP contribution is -2.46. The molecule has 2 fully saturated rings. The second-order valence-corrected chi connectivity index (χ2v) is 6.68. The van der Waals surface area contributed by atoms with Crippen molar-refractivity contribution in [3.8, 4) is 0 Å². The molecule has 0 amide bonds. The van der Waals surface area contributed by atoms with Crippen LogP contribution in [0.5, 0.6) is 0 Å². The Kier molecular flexibility index (Phi) is 3.84. The fourth-order valence-electron chi connectivity index (χ4n) is 3.57. The van der Waals surface area contributed by atoms with Crippen LogP contribution in [0.4, 0.5) is 0 Å². The molecule has 0 radical (unpaired) electrons. The van der Waals surface area contributed by atoms with Gasteiger partial charge in [-0.1, -0.05) is 23.7 Å². The number of rotatable bonds is 3. The van der Waals surface area contributed by atoms with Gasteiger partial charge >= 0.3 is 0 Å². The third kappa shape index (κ3) is 2.96. The average Bonchev–Trinajstić information content (AvgIpc) is 2.71. The summed E-state index contributed by atoms with van der Waals surface area (Å²) >= 11 is 6.34. The molecule has 2 atom stereocenters. The number of hydrogen-bond acceptors (Lipinski definition) is 2. The normalized spacial score (nSPS) is 30.0. The zero-order valence-corrected chi connectivity index (χ0v) is 12.6. The Labute approximate surface area is 121 Å². The number of nitrogens with zero attached hydrogens (tertiary/aromatic N) is 1. The molecule has 1 aromatic carbocycles. The van der Waals surface area contributed by atoms with Gasteiger partial charge in [0.05, 0.1) is 0 Å². The van der Waals surface area contributed by atoms with E-state index in [1.807, 2.05) is 0 Å². The molecule has 3 heteroatoms. The standard InChI is InChI=1S/C16H23ClN2/c1-11-3-4-12(16(17)7-11)10-19(2)15-8-13-5-6-14(9-15)18-13/h3-4,7,13-15,18H,5-6,8-10H2,1-2H3. The lowest BCUT2D eigenvalue weighted by molar-refractivity contribution is 0.166. The molecule has 2 heterocycles. The number of fused-ring (bicyclic) bond motifs is 2. The molecule has 2 unspecified atom stereocenters. The van der Waals surface area contributed by atoms with E-state index in [4.69, 9.17) is 11.6 Å². The van der Waals surface area contributed by atoms with Gasteiger partial charge in [-0.05, 0) is 56.8 Å². The van der Waals surface area contributed by atoms with E-state index >= 15 is 0 Å². The molecule has 19 heavy (non-hydrogen) atoms. The van der Waals surface area contributed by atoms with Crippen LogP contribution >= 0.6 is 11.6 Å². The van der Waals surface area contributed by atoms with E-state index in [2.05, 4.69) is 42.4 Å². The number of halogens is 1. The van der Waals surface area contributed by atoms with Gasteiger partial charge in [0.2, 0.25) is 0 Å². The maximum atomic E-state index is 6.34. The molecule has 1 aromatic rings. The largest absolute Gasteiger partial charge is 0.311 e. The Morgan fingerprint density at radius 2 is 1.95 bits per heavy atom.